The molecule has 0 aromatic carbocycles. The quantitative estimate of drug-likeness (QED) is 0.764. The minimum atomic E-state index is -0.977. The largest absolute Gasteiger partial charge is 0.388 e. The summed E-state index contributed by atoms with van der Waals surface area (Å²) in [4.78, 5) is 26.5. The van der Waals surface area contributed by atoms with Crippen molar-refractivity contribution in [3.8, 4) is 0 Å². The Kier molecular flexibility index (Phi) is 5.11. The molecule has 1 atom stereocenters. The van der Waals surface area contributed by atoms with Gasteiger partial charge in [-0.25, -0.2) is 0 Å². The average Bonchev–Trinajstić information content (AvgIpc) is 2.23. The monoisotopic (exact) mass is 280 g/mol. The number of rotatable bonds is 5. The van der Waals surface area contributed by atoms with Gasteiger partial charge < -0.3 is 15.4 Å². The van der Waals surface area contributed by atoms with E-state index in [4.69, 9.17) is 0 Å². The van der Waals surface area contributed by atoms with Crippen LogP contribution in [-0.4, -0.2) is 28.1 Å². The van der Waals surface area contributed by atoms with Crippen LogP contribution < -0.4 is 10.9 Å². The fourth-order valence-electron chi connectivity index (χ4n) is 2.45. The molecular formula is C15H24N2O3. The fraction of sp³-hybridized carbons (Fsp3) is 0.600. The van der Waals surface area contributed by atoms with Crippen molar-refractivity contribution in [2.75, 3.05) is 6.54 Å². The van der Waals surface area contributed by atoms with Crippen molar-refractivity contribution in [2.24, 2.45) is 5.92 Å². The molecule has 112 valence electrons. The molecule has 1 rings (SSSR count). The summed E-state index contributed by atoms with van der Waals surface area (Å²) < 4.78 is 0. The van der Waals surface area contributed by atoms with E-state index in [-0.39, 0.29) is 12.1 Å². The second kappa shape index (κ2) is 6.22. The van der Waals surface area contributed by atoms with E-state index >= 15 is 0 Å². The number of nitrogens with one attached hydrogen (secondary N) is 2. The molecule has 0 saturated heterocycles. The number of H-pyrrole nitrogens is 1. The molecule has 0 radical (unpaired) electrons. The highest BCUT2D eigenvalue weighted by Crippen LogP contribution is 2.15. The summed E-state index contributed by atoms with van der Waals surface area (Å²) in [5.41, 5.74) is 0.0809. The third kappa shape index (κ3) is 4.49. The van der Waals surface area contributed by atoms with Gasteiger partial charge in [-0.2, -0.15) is 0 Å². The van der Waals surface area contributed by atoms with Gasteiger partial charge in [-0.05, 0) is 44.7 Å². The Morgan fingerprint density at radius 3 is 2.55 bits per heavy atom. The van der Waals surface area contributed by atoms with Crippen molar-refractivity contribution in [1.82, 2.24) is 10.3 Å². The van der Waals surface area contributed by atoms with E-state index in [1.165, 1.54) is 0 Å². The third-order valence-electron chi connectivity index (χ3n) is 3.07. The maximum Gasteiger partial charge on any atom is 0.261 e. The summed E-state index contributed by atoms with van der Waals surface area (Å²) in [6, 6.07) is 1.75. The predicted molar refractivity (Wildman–Crippen MR) is 78.9 cm³/mol. The molecule has 0 bridgehead atoms. The molecule has 0 fully saturated rings. The zero-order valence-electron chi connectivity index (χ0n) is 12.8. The minimum Gasteiger partial charge on any atom is -0.388 e. The molecule has 0 aliphatic rings. The third-order valence-corrected chi connectivity index (χ3v) is 3.07. The van der Waals surface area contributed by atoms with Gasteiger partial charge in [0.15, 0.2) is 0 Å². The summed E-state index contributed by atoms with van der Waals surface area (Å²) >= 11 is 0. The van der Waals surface area contributed by atoms with Gasteiger partial charge in [0.2, 0.25) is 0 Å². The van der Waals surface area contributed by atoms with Crippen molar-refractivity contribution in [3.63, 3.8) is 0 Å². The van der Waals surface area contributed by atoms with E-state index in [2.05, 4.69) is 10.3 Å². The van der Waals surface area contributed by atoms with E-state index in [9.17, 15) is 14.7 Å². The second-order valence-electron chi connectivity index (χ2n) is 6.12. The standard InChI is InChI=1S/C15H24N2O3/c1-9(2)7-15(5,20)8-16-13(18)12-10(3)6-11(4)17-14(12)19/h6,9,20H,7-8H2,1-5H3,(H,16,18)(H,17,19). The number of hydrogen-bond donors (Lipinski definition) is 3. The van der Waals surface area contributed by atoms with Gasteiger partial charge in [0.25, 0.3) is 11.5 Å². The number of carbonyl (C=O) groups is 1. The molecule has 0 saturated carbocycles. The van der Waals surface area contributed by atoms with Crippen LogP contribution in [0, 0.1) is 19.8 Å². The van der Waals surface area contributed by atoms with E-state index < -0.39 is 17.1 Å². The lowest BCUT2D eigenvalue weighted by Gasteiger charge is -2.25. The van der Waals surface area contributed by atoms with Crippen LogP contribution in [0.5, 0.6) is 0 Å². The summed E-state index contributed by atoms with van der Waals surface area (Å²) in [6.45, 7) is 9.31. The van der Waals surface area contributed by atoms with Gasteiger partial charge in [-0.1, -0.05) is 13.8 Å². The van der Waals surface area contributed by atoms with E-state index in [0.29, 0.717) is 17.9 Å². The molecule has 3 N–H and O–H groups in total. The summed E-state index contributed by atoms with van der Waals surface area (Å²) in [5, 5.41) is 12.8. The number of pyridine rings is 1. The smallest absolute Gasteiger partial charge is 0.261 e. The highest BCUT2D eigenvalue weighted by molar-refractivity contribution is 5.95. The lowest BCUT2D eigenvalue weighted by molar-refractivity contribution is 0.0368. The summed E-state index contributed by atoms with van der Waals surface area (Å²) in [5.74, 6) is -0.126. The highest BCUT2D eigenvalue weighted by atomic mass is 16.3. The molecule has 1 amide bonds. The van der Waals surface area contributed by atoms with E-state index in [0.717, 1.165) is 5.69 Å². The van der Waals surface area contributed by atoms with Gasteiger partial charge >= 0.3 is 0 Å². The number of aromatic nitrogens is 1. The molecule has 0 spiro atoms. The topological polar surface area (TPSA) is 82.2 Å². The van der Waals surface area contributed by atoms with E-state index in [1.54, 1.807) is 26.8 Å². The number of aliphatic hydroxyl groups is 1. The maximum absolute atomic E-state index is 12.1. The Morgan fingerprint density at radius 2 is 2.05 bits per heavy atom. The zero-order chi connectivity index (χ0) is 15.5. The molecule has 5 heteroatoms. The predicted octanol–water partition coefficient (Wildman–Crippen LogP) is 1.52. The second-order valence-corrected chi connectivity index (χ2v) is 6.12. The zero-order valence-corrected chi connectivity index (χ0v) is 12.8. The first-order valence-corrected chi connectivity index (χ1v) is 6.83. The van der Waals surface area contributed by atoms with Crippen molar-refractivity contribution in [3.05, 3.63) is 33.2 Å². The number of aromatic amines is 1. The SMILES string of the molecule is Cc1cc(C)c(C(=O)NCC(C)(O)CC(C)C)c(=O)[nH]1. The van der Waals surface area contributed by atoms with Gasteiger partial charge in [0.05, 0.1) is 5.60 Å². The van der Waals surface area contributed by atoms with Crippen LogP contribution in [0.15, 0.2) is 10.9 Å². The van der Waals surface area contributed by atoms with Crippen LogP contribution in [0.25, 0.3) is 0 Å². The average molecular weight is 280 g/mol. The lowest BCUT2D eigenvalue weighted by atomic mass is 9.94. The molecule has 0 aliphatic heterocycles. The molecule has 1 aromatic rings. The van der Waals surface area contributed by atoms with Gasteiger partial charge in [-0.3, -0.25) is 9.59 Å². The molecule has 20 heavy (non-hydrogen) atoms. The van der Waals surface area contributed by atoms with Crippen molar-refractivity contribution in [1.29, 1.82) is 0 Å². The molecule has 1 aromatic heterocycles. The van der Waals surface area contributed by atoms with Crippen molar-refractivity contribution < 1.29 is 9.90 Å². The molecule has 5 nitrogen and oxygen atoms in total. The molecule has 1 unspecified atom stereocenters. The molecule has 1 heterocycles. The van der Waals surface area contributed by atoms with E-state index in [1.807, 2.05) is 13.8 Å². The van der Waals surface area contributed by atoms with Crippen LogP contribution in [-0.2, 0) is 0 Å². The first kappa shape index (κ1) is 16.4. The van der Waals surface area contributed by atoms with Crippen molar-refractivity contribution >= 4 is 5.91 Å². The first-order chi connectivity index (χ1) is 9.12. The van der Waals surface area contributed by atoms with Crippen LogP contribution in [0.4, 0.5) is 0 Å². The van der Waals surface area contributed by atoms with Crippen LogP contribution in [0.1, 0.15) is 48.8 Å². The number of amides is 1. The Balaban J connectivity index is 2.81. The normalized spacial score (nSPS) is 14.2. The van der Waals surface area contributed by atoms with Gasteiger partial charge in [0.1, 0.15) is 5.56 Å². The Hall–Kier alpha value is -1.62. The lowest BCUT2D eigenvalue weighted by Crippen LogP contribution is -2.43. The number of hydrogen-bond acceptors (Lipinski definition) is 3. The number of aryl methyl sites for hydroxylation is 2. The van der Waals surface area contributed by atoms with Crippen molar-refractivity contribution in [2.45, 2.75) is 46.6 Å². The number of carbonyl (C=O) groups excluding carboxylic acids is 1. The maximum atomic E-state index is 12.1. The minimum absolute atomic E-state index is 0.107. The highest BCUT2D eigenvalue weighted by Gasteiger charge is 2.24. The molecule has 0 aliphatic carbocycles. The van der Waals surface area contributed by atoms with Crippen LogP contribution in [0.3, 0.4) is 0 Å². The Morgan fingerprint density at radius 1 is 1.45 bits per heavy atom. The Bertz CT molecular complexity index is 545. The first-order valence-electron chi connectivity index (χ1n) is 6.83. The van der Waals surface area contributed by atoms with Crippen LogP contribution in [0.2, 0.25) is 0 Å². The summed E-state index contributed by atoms with van der Waals surface area (Å²) in [7, 11) is 0. The summed E-state index contributed by atoms with van der Waals surface area (Å²) in [6.07, 6.45) is 0.580. The van der Waals surface area contributed by atoms with Gasteiger partial charge in [0, 0.05) is 12.2 Å². The van der Waals surface area contributed by atoms with Gasteiger partial charge in [-0.15, -0.1) is 0 Å². The Labute approximate surface area is 119 Å². The van der Waals surface area contributed by atoms with Crippen LogP contribution >= 0.6 is 0 Å². The fourth-order valence-corrected chi connectivity index (χ4v) is 2.45. The molecular weight excluding hydrogens is 256 g/mol.